The summed E-state index contributed by atoms with van der Waals surface area (Å²) in [4.78, 5) is 0. The third-order valence-electron chi connectivity index (χ3n) is 4.80. The molecule has 1 heteroatoms. The van der Waals surface area contributed by atoms with Crippen molar-refractivity contribution in [3.05, 3.63) is 0 Å². The van der Waals surface area contributed by atoms with Crippen molar-refractivity contribution in [2.75, 3.05) is 6.61 Å². The van der Waals surface area contributed by atoms with Crippen LogP contribution in [0, 0.1) is 11.3 Å². The van der Waals surface area contributed by atoms with Crippen molar-refractivity contribution >= 4 is 0 Å². The summed E-state index contributed by atoms with van der Waals surface area (Å²) in [6.07, 6.45) is 9.99. The zero-order valence-corrected chi connectivity index (χ0v) is 8.64. The molecule has 0 N–H and O–H groups in total. The van der Waals surface area contributed by atoms with Crippen LogP contribution >= 0.6 is 0 Å². The molecule has 2 saturated carbocycles. The molecule has 1 spiro atoms. The highest BCUT2D eigenvalue weighted by molar-refractivity contribution is 5.04. The van der Waals surface area contributed by atoms with Gasteiger partial charge in [-0.1, -0.05) is 12.8 Å². The highest BCUT2D eigenvalue weighted by atomic mass is 16.5. The lowest BCUT2D eigenvalue weighted by Crippen LogP contribution is -2.40. The molecule has 1 aliphatic heterocycles. The summed E-state index contributed by atoms with van der Waals surface area (Å²) >= 11 is 0. The molecule has 0 aromatic rings. The van der Waals surface area contributed by atoms with Crippen molar-refractivity contribution in [3.8, 4) is 0 Å². The minimum atomic E-state index is 0.272. The minimum absolute atomic E-state index is 0.272. The Morgan fingerprint density at radius 2 is 2.08 bits per heavy atom. The van der Waals surface area contributed by atoms with Crippen molar-refractivity contribution in [2.45, 2.75) is 57.5 Å². The van der Waals surface area contributed by atoms with E-state index < -0.39 is 0 Å². The van der Waals surface area contributed by atoms with E-state index in [1.54, 1.807) is 0 Å². The molecule has 2 aliphatic carbocycles. The van der Waals surface area contributed by atoms with Crippen LogP contribution < -0.4 is 0 Å². The molecule has 0 unspecified atom stereocenters. The summed E-state index contributed by atoms with van der Waals surface area (Å²) in [7, 11) is 0. The Kier molecular flexibility index (Phi) is 1.59. The Morgan fingerprint density at radius 1 is 1.15 bits per heavy atom. The zero-order valence-electron chi connectivity index (χ0n) is 8.64. The first-order chi connectivity index (χ1) is 6.23. The average molecular weight is 180 g/mol. The van der Waals surface area contributed by atoms with E-state index >= 15 is 0 Å². The maximum Gasteiger partial charge on any atom is 0.0661 e. The van der Waals surface area contributed by atoms with Crippen molar-refractivity contribution in [3.63, 3.8) is 0 Å². The van der Waals surface area contributed by atoms with Gasteiger partial charge in [0.05, 0.1) is 12.2 Å². The van der Waals surface area contributed by atoms with Gasteiger partial charge in [-0.05, 0) is 50.4 Å². The van der Waals surface area contributed by atoms with E-state index in [4.69, 9.17) is 4.74 Å². The van der Waals surface area contributed by atoms with E-state index in [-0.39, 0.29) is 5.60 Å². The first-order valence-electron chi connectivity index (χ1n) is 5.87. The molecule has 1 saturated heterocycles. The Bertz CT molecular complexity index is 221. The summed E-state index contributed by atoms with van der Waals surface area (Å²) in [5, 5.41) is 0. The molecule has 2 bridgehead atoms. The van der Waals surface area contributed by atoms with Crippen molar-refractivity contribution in [1.29, 1.82) is 0 Å². The Labute approximate surface area is 80.8 Å². The van der Waals surface area contributed by atoms with E-state index in [0.717, 1.165) is 12.5 Å². The second-order valence-corrected chi connectivity index (χ2v) is 5.76. The monoisotopic (exact) mass is 180 g/mol. The third kappa shape index (κ3) is 1.09. The van der Waals surface area contributed by atoms with Crippen molar-refractivity contribution < 1.29 is 4.74 Å². The molecular formula is C12H20O. The minimum Gasteiger partial charge on any atom is -0.375 e. The van der Waals surface area contributed by atoms with E-state index in [1.165, 1.54) is 44.9 Å². The maximum absolute atomic E-state index is 6.02. The molecule has 0 radical (unpaired) electrons. The van der Waals surface area contributed by atoms with E-state index in [1.807, 2.05) is 0 Å². The van der Waals surface area contributed by atoms with Gasteiger partial charge >= 0.3 is 0 Å². The summed E-state index contributed by atoms with van der Waals surface area (Å²) in [6, 6.07) is 0. The molecule has 74 valence electrons. The van der Waals surface area contributed by atoms with Crippen LogP contribution in [0.4, 0.5) is 0 Å². The highest BCUT2D eigenvalue weighted by Crippen LogP contribution is 2.58. The fourth-order valence-corrected chi connectivity index (χ4v) is 4.06. The number of rotatable bonds is 0. The van der Waals surface area contributed by atoms with E-state index in [2.05, 4.69) is 6.92 Å². The van der Waals surface area contributed by atoms with Gasteiger partial charge in [0.2, 0.25) is 0 Å². The molecular weight excluding hydrogens is 160 g/mol. The number of hydrogen-bond acceptors (Lipinski definition) is 1. The van der Waals surface area contributed by atoms with Crippen LogP contribution in [0.1, 0.15) is 51.9 Å². The third-order valence-corrected chi connectivity index (χ3v) is 4.80. The predicted molar refractivity (Wildman–Crippen MR) is 52.6 cm³/mol. The van der Waals surface area contributed by atoms with Crippen LogP contribution in [-0.2, 0) is 4.74 Å². The number of ether oxygens (including phenoxy) is 1. The number of fused-ring (bicyclic) bond motifs is 1. The van der Waals surface area contributed by atoms with Gasteiger partial charge in [0.15, 0.2) is 0 Å². The van der Waals surface area contributed by atoms with Gasteiger partial charge in [-0.3, -0.25) is 0 Å². The molecule has 0 aromatic heterocycles. The van der Waals surface area contributed by atoms with E-state index in [0.29, 0.717) is 5.41 Å². The van der Waals surface area contributed by atoms with Gasteiger partial charge in [-0.2, -0.15) is 0 Å². The van der Waals surface area contributed by atoms with Crippen molar-refractivity contribution in [1.82, 2.24) is 0 Å². The van der Waals surface area contributed by atoms with Gasteiger partial charge < -0.3 is 4.74 Å². The maximum atomic E-state index is 6.02. The molecule has 3 fully saturated rings. The van der Waals surface area contributed by atoms with Crippen LogP contribution in [0.15, 0.2) is 0 Å². The Morgan fingerprint density at radius 3 is 3.00 bits per heavy atom. The lowest BCUT2D eigenvalue weighted by molar-refractivity contribution is 0.0123. The summed E-state index contributed by atoms with van der Waals surface area (Å²) in [5.41, 5.74) is 0.902. The second kappa shape index (κ2) is 2.50. The zero-order chi connectivity index (χ0) is 8.94. The lowest BCUT2D eigenvalue weighted by atomic mass is 9.58. The van der Waals surface area contributed by atoms with Gasteiger partial charge in [0.25, 0.3) is 0 Å². The molecule has 1 nitrogen and oxygen atoms in total. The van der Waals surface area contributed by atoms with Gasteiger partial charge in [-0.15, -0.1) is 0 Å². The SMILES string of the molecule is C[C@]12CC[C@@H]3CCCC[C@@]3(CO1)C2. The molecule has 3 rings (SSSR count). The Hall–Kier alpha value is -0.0400. The predicted octanol–water partition coefficient (Wildman–Crippen LogP) is 3.14. The fraction of sp³-hybridized carbons (Fsp3) is 1.00. The second-order valence-electron chi connectivity index (χ2n) is 5.76. The standard InChI is InChI=1S/C12H20O/c1-11-7-5-10-4-2-3-6-12(10,8-11)9-13-11/h10H,2-9H2,1H3/t10-,11+,12-/m0/s1. The van der Waals surface area contributed by atoms with Crippen molar-refractivity contribution in [2.24, 2.45) is 11.3 Å². The molecule has 3 aliphatic rings. The van der Waals surface area contributed by atoms with Crippen LogP contribution in [0.25, 0.3) is 0 Å². The summed E-state index contributed by atoms with van der Waals surface area (Å²) in [5.74, 6) is 1.01. The highest BCUT2D eigenvalue weighted by Gasteiger charge is 2.54. The quantitative estimate of drug-likeness (QED) is 0.556. The number of hydrogen-bond donors (Lipinski definition) is 0. The first kappa shape index (κ1) is 8.28. The van der Waals surface area contributed by atoms with Crippen LogP contribution in [-0.4, -0.2) is 12.2 Å². The normalized spacial score (nSPS) is 54.7. The molecule has 0 amide bonds. The van der Waals surface area contributed by atoms with E-state index in [9.17, 15) is 0 Å². The summed E-state index contributed by atoms with van der Waals surface area (Å²) < 4.78 is 6.02. The van der Waals surface area contributed by atoms with Gasteiger partial charge in [0.1, 0.15) is 0 Å². The first-order valence-corrected chi connectivity index (χ1v) is 5.87. The van der Waals surface area contributed by atoms with Crippen LogP contribution in [0.5, 0.6) is 0 Å². The Balaban J connectivity index is 1.90. The summed E-state index contributed by atoms with van der Waals surface area (Å²) in [6.45, 7) is 3.40. The smallest absolute Gasteiger partial charge is 0.0661 e. The van der Waals surface area contributed by atoms with Gasteiger partial charge in [0, 0.05) is 0 Å². The van der Waals surface area contributed by atoms with Crippen LogP contribution in [0.2, 0.25) is 0 Å². The molecule has 0 aromatic carbocycles. The average Bonchev–Trinajstić information content (AvgIpc) is 2.38. The molecule has 1 heterocycles. The fourth-order valence-electron chi connectivity index (χ4n) is 4.06. The topological polar surface area (TPSA) is 9.23 Å². The molecule has 3 atom stereocenters. The lowest BCUT2D eigenvalue weighted by Gasteiger charge is -2.45. The largest absolute Gasteiger partial charge is 0.375 e. The van der Waals surface area contributed by atoms with Crippen LogP contribution in [0.3, 0.4) is 0 Å². The molecule has 13 heavy (non-hydrogen) atoms. The van der Waals surface area contributed by atoms with Gasteiger partial charge in [-0.25, -0.2) is 0 Å².